The molecule has 3 rings (SSSR count). The summed E-state index contributed by atoms with van der Waals surface area (Å²) in [7, 11) is -3.64. The fourth-order valence-electron chi connectivity index (χ4n) is 2.89. The van der Waals surface area contributed by atoms with Crippen molar-refractivity contribution in [2.24, 2.45) is 5.92 Å². The lowest BCUT2D eigenvalue weighted by atomic mass is 10.0. The van der Waals surface area contributed by atoms with E-state index in [9.17, 15) is 13.2 Å². The first-order valence-electron chi connectivity index (χ1n) is 8.48. The van der Waals surface area contributed by atoms with Gasteiger partial charge >= 0.3 is 0 Å². The van der Waals surface area contributed by atoms with Crippen LogP contribution in [0.15, 0.2) is 45.9 Å². The minimum absolute atomic E-state index is 0.0830. The molecule has 1 fully saturated rings. The molecule has 0 unspecified atom stereocenters. The van der Waals surface area contributed by atoms with E-state index < -0.39 is 15.9 Å². The van der Waals surface area contributed by atoms with Crippen molar-refractivity contribution in [2.45, 2.75) is 31.2 Å². The predicted molar refractivity (Wildman–Crippen MR) is 98.5 cm³/mol. The summed E-state index contributed by atoms with van der Waals surface area (Å²) in [4.78, 5) is 12.5. The molecular weight excluding hydrogens is 376 g/mol. The number of nitrogens with one attached hydrogen (secondary N) is 1. The van der Waals surface area contributed by atoms with Crippen LogP contribution in [0.5, 0.6) is 0 Å². The molecule has 1 N–H and O–H groups in total. The lowest BCUT2D eigenvalue weighted by Gasteiger charge is -2.29. The molecular formula is C18H21ClN2O4S. The van der Waals surface area contributed by atoms with Crippen LogP contribution in [0.2, 0.25) is 5.02 Å². The van der Waals surface area contributed by atoms with Gasteiger partial charge in [-0.2, -0.15) is 4.31 Å². The molecule has 26 heavy (non-hydrogen) atoms. The van der Waals surface area contributed by atoms with Crippen molar-refractivity contribution in [2.75, 3.05) is 13.1 Å². The number of halogens is 1. The molecule has 0 radical (unpaired) electrons. The van der Waals surface area contributed by atoms with Gasteiger partial charge in [0.25, 0.3) is 5.91 Å². The summed E-state index contributed by atoms with van der Waals surface area (Å²) in [6, 6.07) is 7.69. The van der Waals surface area contributed by atoms with Gasteiger partial charge in [0.05, 0.1) is 28.3 Å². The molecule has 1 aromatic carbocycles. The molecule has 0 aliphatic carbocycles. The van der Waals surface area contributed by atoms with Crippen LogP contribution in [-0.4, -0.2) is 31.7 Å². The zero-order valence-electron chi connectivity index (χ0n) is 14.4. The fourth-order valence-corrected chi connectivity index (χ4v) is 4.59. The standard InChI is InChI=1S/C18H21ClN2O4S/c1-13-6-8-21(9-7-13)26(23,24)15-4-5-17(19)16(11-15)18(22)20-12-14-3-2-10-25-14/h2-5,10-11,13H,6-9,12H2,1H3,(H,20,22). The second kappa shape index (κ2) is 7.82. The lowest BCUT2D eigenvalue weighted by Crippen LogP contribution is -2.38. The molecule has 6 nitrogen and oxygen atoms in total. The number of piperidine rings is 1. The highest BCUT2D eigenvalue weighted by molar-refractivity contribution is 7.89. The number of furan rings is 1. The average Bonchev–Trinajstić information content (AvgIpc) is 3.14. The van der Waals surface area contributed by atoms with Gasteiger partial charge in [0.15, 0.2) is 0 Å². The van der Waals surface area contributed by atoms with Gasteiger partial charge in [-0.15, -0.1) is 0 Å². The first-order valence-corrected chi connectivity index (χ1v) is 10.3. The normalized spacial score (nSPS) is 16.5. The first-order chi connectivity index (χ1) is 12.4. The third-order valence-electron chi connectivity index (χ3n) is 4.57. The van der Waals surface area contributed by atoms with Gasteiger partial charge in [-0.1, -0.05) is 18.5 Å². The Bertz CT molecular complexity index is 873. The SMILES string of the molecule is CC1CCN(S(=O)(=O)c2ccc(Cl)c(C(=O)NCc3ccco3)c2)CC1. The Kier molecular flexibility index (Phi) is 5.70. The molecule has 1 aromatic heterocycles. The molecule has 2 aromatic rings. The zero-order valence-corrected chi connectivity index (χ0v) is 16.0. The van der Waals surface area contributed by atoms with Crippen LogP contribution in [0.3, 0.4) is 0 Å². The molecule has 0 saturated carbocycles. The second-order valence-electron chi connectivity index (χ2n) is 6.49. The molecule has 1 amide bonds. The van der Waals surface area contributed by atoms with E-state index in [-0.39, 0.29) is 22.0 Å². The highest BCUT2D eigenvalue weighted by Gasteiger charge is 2.29. The third kappa shape index (κ3) is 4.11. The number of hydrogen-bond donors (Lipinski definition) is 1. The van der Waals surface area contributed by atoms with Crippen molar-refractivity contribution in [1.82, 2.24) is 9.62 Å². The predicted octanol–water partition coefficient (Wildman–Crippen LogP) is 3.28. The van der Waals surface area contributed by atoms with Gasteiger partial charge in [-0.05, 0) is 49.1 Å². The van der Waals surface area contributed by atoms with E-state index >= 15 is 0 Å². The lowest BCUT2D eigenvalue weighted by molar-refractivity contribution is 0.0948. The van der Waals surface area contributed by atoms with E-state index in [0.717, 1.165) is 12.8 Å². The Labute approximate surface area is 158 Å². The second-order valence-corrected chi connectivity index (χ2v) is 8.84. The van der Waals surface area contributed by atoms with Crippen molar-refractivity contribution in [3.63, 3.8) is 0 Å². The van der Waals surface area contributed by atoms with Gasteiger partial charge in [0.2, 0.25) is 10.0 Å². The maximum absolute atomic E-state index is 12.9. The van der Waals surface area contributed by atoms with Crippen LogP contribution in [0.1, 0.15) is 35.9 Å². The molecule has 0 spiro atoms. The number of sulfonamides is 1. The van der Waals surface area contributed by atoms with Crippen molar-refractivity contribution in [3.05, 3.63) is 52.9 Å². The average molecular weight is 397 g/mol. The summed E-state index contributed by atoms with van der Waals surface area (Å²) in [5.41, 5.74) is 0.129. The minimum atomic E-state index is -3.64. The summed E-state index contributed by atoms with van der Waals surface area (Å²) >= 11 is 6.11. The van der Waals surface area contributed by atoms with Crippen LogP contribution in [0, 0.1) is 5.92 Å². The number of benzene rings is 1. The summed E-state index contributed by atoms with van der Waals surface area (Å²) in [5, 5.41) is 2.88. The number of rotatable bonds is 5. The van der Waals surface area contributed by atoms with Crippen LogP contribution in [-0.2, 0) is 16.6 Å². The zero-order chi connectivity index (χ0) is 18.7. The molecule has 1 aliphatic rings. The van der Waals surface area contributed by atoms with Gasteiger partial charge in [-0.3, -0.25) is 4.79 Å². The van der Waals surface area contributed by atoms with E-state index in [1.54, 1.807) is 12.1 Å². The van der Waals surface area contributed by atoms with Crippen molar-refractivity contribution >= 4 is 27.5 Å². The number of amides is 1. The van der Waals surface area contributed by atoms with E-state index in [1.165, 1.54) is 28.8 Å². The minimum Gasteiger partial charge on any atom is -0.467 e. The molecule has 140 valence electrons. The van der Waals surface area contributed by atoms with Crippen LogP contribution >= 0.6 is 11.6 Å². The summed E-state index contributed by atoms with van der Waals surface area (Å²) in [6.45, 7) is 3.30. The van der Waals surface area contributed by atoms with Crippen LogP contribution < -0.4 is 5.32 Å². The summed E-state index contributed by atoms with van der Waals surface area (Å²) in [5.74, 6) is 0.672. The highest BCUT2D eigenvalue weighted by atomic mass is 35.5. The quantitative estimate of drug-likeness (QED) is 0.841. The Balaban J connectivity index is 1.79. The van der Waals surface area contributed by atoms with Crippen LogP contribution in [0.4, 0.5) is 0 Å². The Morgan fingerprint density at radius 2 is 2.04 bits per heavy atom. The molecule has 0 bridgehead atoms. The monoisotopic (exact) mass is 396 g/mol. The Morgan fingerprint density at radius 3 is 2.69 bits per heavy atom. The maximum atomic E-state index is 12.9. The van der Waals surface area contributed by atoms with Crippen LogP contribution in [0.25, 0.3) is 0 Å². The smallest absolute Gasteiger partial charge is 0.253 e. The van der Waals surface area contributed by atoms with Crippen molar-refractivity contribution < 1.29 is 17.6 Å². The largest absolute Gasteiger partial charge is 0.467 e. The number of carbonyl (C=O) groups excluding carboxylic acids is 1. The van der Waals surface area contributed by atoms with Crippen molar-refractivity contribution in [1.29, 1.82) is 0 Å². The molecule has 8 heteroatoms. The highest BCUT2D eigenvalue weighted by Crippen LogP contribution is 2.26. The van der Waals surface area contributed by atoms with Gasteiger partial charge < -0.3 is 9.73 Å². The molecule has 0 atom stereocenters. The molecule has 1 saturated heterocycles. The Morgan fingerprint density at radius 1 is 1.31 bits per heavy atom. The van der Waals surface area contributed by atoms with Gasteiger partial charge in [0, 0.05) is 13.1 Å². The number of nitrogens with zero attached hydrogens (tertiary/aromatic N) is 1. The first kappa shape index (κ1) is 18.9. The maximum Gasteiger partial charge on any atom is 0.253 e. The van der Waals surface area contributed by atoms with Crippen molar-refractivity contribution in [3.8, 4) is 0 Å². The number of carbonyl (C=O) groups is 1. The topological polar surface area (TPSA) is 79.6 Å². The fraction of sp³-hybridized carbons (Fsp3) is 0.389. The third-order valence-corrected chi connectivity index (χ3v) is 6.79. The van der Waals surface area contributed by atoms with E-state index in [0.29, 0.717) is 24.8 Å². The number of hydrogen-bond acceptors (Lipinski definition) is 4. The summed E-state index contributed by atoms with van der Waals surface area (Å²) < 4.78 is 32.4. The summed E-state index contributed by atoms with van der Waals surface area (Å²) in [6.07, 6.45) is 3.19. The van der Waals surface area contributed by atoms with Gasteiger partial charge in [0.1, 0.15) is 5.76 Å². The van der Waals surface area contributed by atoms with Gasteiger partial charge in [-0.25, -0.2) is 8.42 Å². The van der Waals surface area contributed by atoms with E-state index in [1.807, 2.05) is 0 Å². The Hall–Kier alpha value is -1.83. The van der Waals surface area contributed by atoms with E-state index in [2.05, 4.69) is 12.2 Å². The molecule has 1 aliphatic heterocycles. The van der Waals surface area contributed by atoms with E-state index in [4.69, 9.17) is 16.0 Å². The molecule has 2 heterocycles.